The molecule has 1 aromatic rings. The smallest absolute Gasteiger partial charge is 0.327 e. The number of halogens is 3. The van der Waals surface area contributed by atoms with Gasteiger partial charge in [-0.2, -0.15) is 8.78 Å². The summed E-state index contributed by atoms with van der Waals surface area (Å²) >= 11 is 0. The highest BCUT2D eigenvalue weighted by atomic mass is 35.5. The lowest BCUT2D eigenvalue weighted by Gasteiger charge is -2.15. The van der Waals surface area contributed by atoms with Crippen molar-refractivity contribution in [3.8, 4) is 0 Å². The second-order valence-electron chi connectivity index (χ2n) is 5.44. The number of amides is 1. The van der Waals surface area contributed by atoms with Gasteiger partial charge in [0, 0.05) is 18.2 Å². The molecule has 0 aliphatic heterocycles. The Morgan fingerprint density at radius 2 is 2.04 bits per heavy atom. The number of anilines is 1. The summed E-state index contributed by atoms with van der Waals surface area (Å²) in [5, 5.41) is 2.54. The molecule has 0 aromatic heterocycles. The van der Waals surface area contributed by atoms with Crippen molar-refractivity contribution >= 4 is 33.8 Å². The van der Waals surface area contributed by atoms with Crippen LogP contribution in [-0.2, 0) is 14.6 Å². The number of carbonyl (C=O) groups is 1. The minimum Gasteiger partial charge on any atom is -0.327 e. The van der Waals surface area contributed by atoms with Gasteiger partial charge in [-0.25, -0.2) is 8.42 Å². The molecule has 0 spiro atoms. The highest BCUT2D eigenvalue weighted by molar-refractivity contribution is 7.91. The number of nitrogens with two attached hydrogens (primary N) is 1. The molecule has 1 fully saturated rings. The van der Waals surface area contributed by atoms with Crippen molar-refractivity contribution in [3.63, 3.8) is 0 Å². The van der Waals surface area contributed by atoms with Gasteiger partial charge in [0.1, 0.15) is 0 Å². The van der Waals surface area contributed by atoms with Crippen molar-refractivity contribution < 1.29 is 22.0 Å². The van der Waals surface area contributed by atoms with E-state index in [0.29, 0.717) is 0 Å². The maximum atomic E-state index is 12.5. The molecule has 5 nitrogen and oxygen atoms in total. The summed E-state index contributed by atoms with van der Waals surface area (Å²) in [4.78, 5) is 11.4. The first-order valence-corrected chi connectivity index (χ1v) is 8.53. The van der Waals surface area contributed by atoms with Crippen molar-refractivity contribution in [2.45, 2.75) is 42.4 Å². The summed E-state index contributed by atoms with van der Waals surface area (Å²) in [5.74, 6) is -3.68. The normalized spacial score (nSPS) is 21.0. The molecule has 1 saturated carbocycles. The molecule has 0 radical (unpaired) electrons. The number of alkyl halides is 2. The van der Waals surface area contributed by atoms with E-state index in [4.69, 9.17) is 5.73 Å². The van der Waals surface area contributed by atoms with Crippen LogP contribution in [0.15, 0.2) is 29.2 Å². The lowest BCUT2D eigenvalue weighted by molar-refractivity contribution is -0.117. The van der Waals surface area contributed by atoms with Crippen molar-refractivity contribution in [2.24, 2.45) is 11.7 Å². The fourth-order valence-corrected chi connectivity index (χ4v) is 3.39. The maximum Gasteiger partial charge on any atom is 0.341 e. The molecule has 0 heterocycles. The topological polar surface area (TPSA) is 89.3 Å². The second-order valence-corrected chi connectivity index (χ2v) is 7.36. The molecule has 1 amide bonds. The summed E-state index contributed by atoms with van der Waals surface area (Å²) in [6, 6.07) is 4.87. The molecule has 2 atom stereocenters. The average molecular weight is 369 g/mol. The fourth-order valence-electron chi connectivity index (χ4n) is 2.62. The molecule has 0 bridgehead atoms. The zero-order valence-corrected chi connectivity index (χ0v) is 13.9. The lowest BCUT2D eigenvalue weighted by atomic mass is 10.00. The van der Waals surface area contributed by atoms with Gasteiger partial charge >= 0.3 is 5.76 Å². The molecule has 9 heteroatoms. The third-order valence-electron chi connectivity index (χ3n) is 3.85. The van der Waals surface area contributed by atoms with E-state index in [1.54, 1.807) is 0 Å². The van der Waals surface area contributed by atoms with Crippen LogP contribution in [0.3, 0.4) is 0 Å². The van der Waals surface area contributed by atoms with Crippen molar-refractivity contribution in [1.29, 1.82) is 0 Å². The third-order valence-corrected chi connectivity index (χ3v) is 5.23. The van der Waals surface area contributed by atoms with Crippen LogP contribution >= 0.6 is 12.4 Å². The summed E-state index contributed by atoms with van der Waals surface area (Å²) in [6.07, 6.45) is 3.00. The number of benzene rings is 1. The Kier molecular flexibility index (Phi) is 6.91. The highest BCUT2D eigenvalue weighted by Gasteiger charge is 2.28. The summed E-state index contributed by atoms with van der Waals surface area (Å²) in [6.45, 7) is 0. The average Bonchev–Trinajstić information content (AvgIpc) is 2.84. The molecule has 2 rings (SSSR count). The Morgan fingerprint density at radius 1 is 1.35 bits per heavy atom. The van der Waals surface area contributed by atoms with E-state index in [2.05, 4.69) is 5.32 Å². The lowest BCUT2D eigenvalue weighted by Crippen LogP contribution is -2.28. The van der Waals surface area contributed by atoms with Crippen LogP contribution in [0.25, 0.3) is 0 Å². The molecule has 3 N–H and O–H groups in total. The van der Waals surface area contributed by atoms with E-state index in [9.17, 15) is 22.0 Å². The van der Waals surface area contributed by atoms with Gasteiger partial charge in [0.15, 0.2) is 0 Å². The number of nitrogens with one attached hydrogen (secondary N) is 1. The van der Waals surface area contributed by atoms with E-state index >= 15 is 0 Å². The monoisotopic (exact) mass is 368 g/mol. The van der Waals surface area contributed by atoms with Crippen LogP contribution in [0.2, 0.25) is 0 Å². The number of sulfone groups is 1. The predicted octanol–water partition coefficient (Wildman–Crippen LogP) is 2.56. The van der Waals surface area contributed by atoms with Crippen LogP contribution in [-0.4, -0.2) is 26.1 Å². The van der Waals surface area contributed by atoms with Gasteiger partial charge < -0.3 is 11.1 Å². The SMILES string of the molecule is Cl.N[C@@H]1CCC[C@H]1CC(=O)Nc1cccc(S(=O)(=O)C(F)F)c1. The van der Waals surface area contributed by atoms with Gasteiger partial charge in [-0.05, 0) is 37.0 Å². The predicted molar refractivity (Wildman–Crippen MR) is 85.4 cm³/mol. The highest BCUT2D eigenvalue weighted by Crippen LogP contribution is 2.27. The van der Waals surface area contributed by atoms with Crippen LogP contribution in [0, 0.1) is 5.92 Å². The summed E-state index contributed by atoms with van der Waals surface area (Å²) < 4.78 is 47.9. The van der Waals surface area contributed by atoms with E-state index < -0.39 is 20.5 Å². The van der Waals surface area contributed by atoms with E-state index in [-0.39, 0.29) is 42.4 Å². The quantitative estimate of drug-likeness (QED) is 0.835. The first-order valence-electron chi connectivity index (χ1n) is 6.98. The Labute approximate surface area is 140 Å². The Bertz CT molecular complexity index is 655. The number of hydrogen-bond acceptors (Lipinski definition) is 4. The Hall–Kier alpha value is -1.25. The van der Waals surface area contributed by atoms with E-state index in [0.717, 1.165) is 31.4 Å². The van der Waals surface area contributed by atoms with Crippen molar-refractivity contribution in [2.75, 3.05) is 5.32 Å². The van der Waals surface area contributed by atoms with Crippen molar-refractivity contribution in [1.82, 2.24) is 0 Å². The fraction of sp³-hybridized carbons (Fsp3) is 0.500. The molecule has 130 valence electrons. The molecule has 0 unspecified atom stereocenters. The molecule has 0 saturated heterocycles. The van der Waals surface area contributed by atoms with Gasteiger partial charge in [0.25, 0.3) is 0 Å². The van der Waals surface area contributed by atoms with Gasteiger partial charge in [-0.15, -0.1) is 12.4 Å². The van der Waals surface area contributed by atoms with E-state index in [1.165, 1.54) is 12.1 Å². The molecule has 1 aliphatic rings. The van der Waals surface area contributed by atoms with Crippen LogP contribution in [0.5, 0.6) is 0 Å². The zero-order chi connectivity index (χ0) is 16.3. The Balaban J connectivity index is 0.00000264. The molecule has 1 aromatic carbocycles. The molecular formula is C14H19ClF2N2O3S. The first-order chi connectivity index (χ1) is 10.3. The standard InChI is InChI=1S/C14H18F2N2O3S.ClH/c15-14(16)22(20,21)11-5-2-4-10(8-11)18-13(19)7-9-3-1-6-12(9)17;/h2,4-5,8-9,12,14H,1,3,6-7,17H2,(H,18,19);1H/t9-,12+;/m0./s1. The minimum absolute atomic E-state index is 0. The summed E-state index contributed by atoms with van der Waals surface area (Å²) in [7, 11) is -4.67. The number of hydrogen-bond donors (Lipinski definition) is 2. The van der Waals surface area contributed by atoms with Gasteiger partial charge in [-0.1, -0.05) is 12.5 Å². The molecule has 23 heavy (non-hydrogen) atoms. The van der Waals surface area contributed by atoms with Gasteiger partial charge in [0.05, 0.1) is 4.90 Å². The largest absolute Gasteiger partial charge is 0.341 e. The third kappa shape index (κ3) is 4.86. The minimum atomic E-state index is -4.67. The second kappa shape index (κ2) is 8.03. The first kappa shape index (κ1) is 19.8. The van der Waals surface area contributed by atoms with Gasteiger partial charge in [-0.3, -0.25) is 4.79 Å². The molecule has 1 aliphatic carbocycles. The zero-order valence-electron chi connectivity index (χ0n) is 12.2. The number of rotatable bonds is 5. The number of carbonyl (C=O) groups excluding carboxylic acids is 1. The van der Waals surface area contributed by atoms with Crippen molar-refractivity contribution in [3.05, 3.63) is 24.3 Å². The maximum absolute atomic E-state index is 12.5. The Morgan fingerprint density at radius 3 is 2.61 bits per heavy atom. The summed E-state index contributed by atoms with van der Waals surface area (Å²) in [5.41, 5.74) is 6.07. The van der Waals surface area contributed by atoms with Crippen LogP contribution in [0.1, 0.15) is 25.7 Å². The van der Waals surface area contributed by atoms with E-state index in [1.807, 2.05) is 0 Å². The molecular weight excluding hydrogens is 350 g/mol. The van der Waals surface area contributed by atoms with Crippen LogP contribution < -0.4 is 11.1 Å². The van der Waals surface area contributed by atoms with Crippen LogP contribution in [0.4, 0.5) is 14.5 Å². The van der Waals surface area contributed by atoms with Gasteiger partial charge in [0.2, 0.25) is 15.7 Å².